The highest BCUT2D eigenvalue weighted by Gasteiger charge is 2.17. The number of rotatable bonds is 5. The van der Waals surface area contributed by atoms with Crippen LogP contribution in [0.4, 0.5) is 5.69 Å². The lowest BCUT2D eigenvalue weighted by Crippen LogP contribution is -3.11. The van der Waals surface area contributed by atoms with Crippen molar-refractivity contribution in [1.29, 1.82) is 0 Å². The Kier molecular flexibility index (Phi) is 4.65. The quantitative estimate of drug-likeness (QED) is 0.750. The molecule has 4 rings (SSSR count). The fourth-order valence-corrected chi connectivity index (χ4v) is 3.67. The molecule has 130 valence electrons. The van der Waals surface area contributed by atoms with Gasteiger partial charge in [0.25, 0.3) is 0 Å². The van der Waals surface area contributed by atoms with E-state index >= 15 is 0 Å². The third-order valence-corrected chi connectivity index (χ3v) is 5.19. The molecule has 1 aliphatic rings. The summed E-state index contributed by atoms with van der Waals surface area (Å²) < 4.78 is 2.25. The van der Waals surface area contributed by atoms with Crippen LogP contribution < -0.4 is 10.2 Å². The van der Waals surface area contributed by atoms with Crippen molar-refractivity contribution in [2.75, 3.05) is 18.4 Å². The minimum atomic E-state index is 0.797. The van der Waals surface area contributed by atoms with Crippen LogP contribution in [0, 0.1) is 0 Å². The number of fused-ring (bicyclic) bond motifs is 1. The average Bonchev–Trinajstić information content (AvgIpc) is 2.97. The van der Waals surface area contributed by atoms with E-state index in [9.17, 15) is 0 Å². The summed E-state index contributed by atoms with van der Waals surface area (Å²) in [5, 5.41) is 3.48. The Bertz CT molecular complexity index is 834. The normalized spacial score (nSPS) is 15.6. The Morgan fingerprint density at radius 1 is 1.08 bits per heavy atom. The fourth-order valence-electron chi connectivity index (χ4n) is 3.67. The van der Waals surface area contributed by atoms with Crippen molar-refractivity contribution in [1.82, 2.24) is 14.5 Å². The largest absolute Gasteiger partial charge is 0.381 e. The average molecular weight is 336 g/mol. The molecule has 0 spiro atoms. The fraction of sp³-hybridized carbons (Fsp3) is 0.400. The van der Waals surface area contributed by atoms with Crippen LogP contribution in [-0.2, 0) is 20.1 Å². The zero-order chi connectivity index (χ0) is 17.1. The molecule has 3 heterocycles. The molecule has 25 heavy (non-hydrogen) atoms. The highest BCUT2D eigenvalue weighted by Crippen LogP contribution is 2.20. The predicted molar refractivity (Wildman–Crippen MR) is 101 cm³/mol. The van der Waals surface area contributed by atoms with E-state index in [2.05, 4.69) is 40.1 Å². The third-order valence-electron chi connectivity index (χ3n) is 5.19. The molecular weight excluding hydrogens is 310 g/mol. The van der Waals surface area contributed by atoms with Crippen LogP contribution in [0.15, 0.2) is 42.7 Å². The Hall–Kier alpha value is -2.40. The molecule has 0 atom stereocenters. The van der Waals surface area contributed by atoms with Crippen LogP contribution in [0.2, 0.25) is 0 Å². The first-order valence-corrected chi connectivity index (χ1v) is 9.21. The molecule has 0 saturated carbocycles. The number of piperidine rings is 1. The number of aryl methyl sites for hydroxylation is 1. The van der Waals surface area contributed by atoms with E-state index < -0.39 is 0 Å². The van der Waals surface area contributed by atoms with Gasteiger partial charge in [0.05, 0.1) is 24.1 Å². The first-order valence-electron chi connectivity index (χ1n) is 9.21. The molecule has 0 bridgehead atoms. The molecule has 1 saturated heterocycles. The van der Waals surface area contributed by atoms with Crippen molar-refractivity contribution in [3.05, 3.63) is 54.1 Å². The summed E-state index contributed by atoms with van der Waals surface area (Å²) in [5.41, 5.74) is 4.62. The standard InChI is InChI=1S/C20H25N5/c1-24-19-6-5-17(22-14-16-7-9-21-10-8-16)13-18(19)23-20(24)15-25-11-3-2-4-12-25/h5-10,13,22H,2-4,11-12,14-15H2,1H3/p+1. The smallest absolute Gasteiger partial charge is 0.165 e. The molecule has 5 nitrogen and oxygen atoms in total. The van der Waals surface area contributed by atoms with Crippen LogP contribution in [0.5, 0.6) is 0 Å². The zero-order valence-corrected chi connectivity index (χ0v) is 14.8. The Labute approximate surface area is 148 Å². The van der Waals surface area contributed by atoms with Crippen molar-refractivity contribution < 1.29 is 4.90 Å². The minimum absolute atomic E-state index is 0.797. The molecule has 0 unspecified atom stereocenters. The van der Waals surface area contributed by atoms with Crippen molar-refractivity contribution in [3.8, 4) is 0 Å². The Morgan fingerprint density at radius 3 is 2.68 bits per heavy atom. The van der Waals surface area contributed by atoms with Crippen LogP contribution in [0.25, 0.3) is 11.0 Å². The maximum Gasteiger partial charge on any atom is 0.165 e. The number of aromatic nitrogens is 3. The van der Waals surface area contributed by atoms with Crippen LogP contribution in [0.1, 0.15) is 30.7 Å². The van der Waals surface area contributed by atoms with E-state index in [0.717, 1.165) is 24.3 Å². The van der Waals surface area contributed by atoms with Gasteiger partial charge in [0, 0.05) is 31.7 Å². The summed E-state index contributed by atoms with van der Waals surface area (Å²) in [6.07, 6.45) is 7.74. The summed E-state index contributed by atoms with van der Waals surface area (Å²) in [4.78, 5) is 10.6. The van der Waals surface area contributed by atoms with Crippen LogP contribution in [-0.4, -0.2) is 27.6 Å². The van der Waals surface area contributed by atoms with E-state index in [-0.39, 0.29) is 0 Å². The highest BCUT2D eigenvalue weighted by atomic mass is 15.2. The van der Waals surface area contributed by atoms with E-state index in [0.29, 0.717) is 0 Å². The molecule has 1 aliphatic heterocycles. The van der Waals surface area contributed by atoms with Gasteiger partial charge in [-0.15, -0.1) is 0 Å². The lowest BCUT2D eigenvalue weighted by Gasteiger charge is -2.23. The van der Waals surface area contributed by atoms with Gasteiger partial charge in [-0.25, -0.2) is 4.98 Å². The Morgan fingerprint density at radius 2 is 1.88 bits per heavy atom. The van der Waals surface area contributed by atoms with Gasteiger partial charge in [0.15, 0.2) is 5.82 Å². The third kappa shape index (κ3) is 3.66. The minimum Gasteiger partial charge on any atom is -0.381 e. The molecule has 5 heteroatoms. The number of anilines is 1. The molecule has 1 aromatic carbocycles. The number of hydrogen-bond donors (Lipinski definition) is 2. The first kappa shape index (κ1) is 16.1. The second kappa shape index (κ2) is 7.23. The summed E-state index contributed by atoms with van der Waals surface area (Å²) in [6.45, 7) is 4.39. The summed E-state index contributed by atoms with van der Waals surface area (Å²) in [5.74, 6) is 1.19. The van der Waals surface area contributed by atoms with Crippen molar-refractivity contribution >= 4 is 16.7 Å². The van der Waals surface area contributed by atoms with E-state index in [4.69, 9.17) is 4.98 Å². The number of pyridine rings is 1. The van der Waals surface area contributed by atoms with E-state index in [1.807, 2.05) is 24.5 Å². The number of nitrogens with one attached hydrogen (secondary N) is 2. The number of hydrogen-bond acceptors (Lipinski definition) is 3. The van der Waals surface area contributed by atoms with Crippen molar-refractivity contribution in [2.45, 2.75) is 32.4 Å². The monoisotopic (exact) mass is 336 g/mol. The second-order valence-electron chi connectivity index (χ2n) is 6.99. The molecule has 2 aromatic heterocycles. The highest BCUT2D eigenvalue weighted by molar-refractivity contribution is 5.80. The molecule has 0 aliphatic carbocycles. The second-order valence-corrected chi connectivity index (χ2v) is 6.99. The molecule has 0 radical (unpaired) electrons. The summed E-state index contributed by atoms with van der Waals surface area (Å²) in [6, 6.07) is 10.5. The molecule has 0 amide bonds. The molecule has 1 fully saturated rings. The van der Waals surface area contributed by atoms with E-state index in [1.165, 1.54) is 49.3 Å². The maximum atomic E-state index is 4.91. The van der Waals surface area contributed by atoms with Gasteiger partial charge in [-0.1, -0.05) is 0 Å². The van der Waals surface area contributed by atoms with Gasteiger partial charge in [-0.2, -0.15) is 0 Å². The lowest BCUT2D eigenvalue weighted by molar-refractivity contribution is -0.919. The van der Waals surface area contributed by atoms with Gasteiger partial charge < -0.3 is 14.8 Å². The number of quaternary nitrogens is 1. The van der Waals surface area contributed by atoms with Gasteiger partial charge in [-0.3, -0.25) is 4.98 Å². The number of likely N-dealkylation sites (tertiary alicyclic amines) is 1. The first-order chi connectivity index (χ1) is 12.3. The number of nitrogens with zero attached hydrogens (tertiary/aromatic N) is 3. The SMILES string of the molecule is Cn1c(C[NH+]2CCCCC2)nc2cc(NCc3ccncc3)ccc21. The van der Waals surface area contributed by atoms with Gasteiger partial charge in [0.2, 0.25) is 0 Å². The summed E-state index contributed by atoms with van der Waals surface area (Å²) in [7, 11) is 2.14. The van der Waals surface area contributed by atoms with Gasteiger partial charge in [0.1, 0.15) is 6.54 Å². The van der Waals surface area contributed by atoms with Crippen molar-refractivity contribution in [3.63, 3.8) is 0 Å². The van der Waals surface area contributed by atoms with Crippen molar-refractivity contribution in [2.24, 2.45) is 7.05 Å². The van der Waals surface area contributed by atoms with Gasteiger partial charge >= 0.3 is 0 Å². The summed E-state index contributed by atoms with van der Waals surface area (Å²) >= 11 is 0. The number of imidazole rings is 1. The predicted octanol–water partition coefficient (Wildman–Crippen LogP) is 2.15. The molecule has 2 N–H and O–H groups in total. The van der Waals surface area contributed by atoms with Crippen LogP contribution >= 0.6 is 0 Å². The lowest BCUT2D eigenvalue weighted by atomic mass is 10.1. The maximum absolute atomic E-state index is 4.91. The Balaban J connectivity index is 1.50. The molecular formula is C20H26N5+. The zero-order valence-electron chi connectivity index (χ0n) is 14.8. The van der Waals surface area contributed by atoms with E-state index in [1.54, 1.807) is 4.90 Å². The number of benzene rings is 1. The molecule has 3 aromatic rings. The topological polar surface area (TPSA) is 47.2 Å². The van der Waals surface area contributed by atoms with Gasteiger partial charge in [-0.05, 0) is 55.2 Å². The van der Waals surface area contributed by atoms with Crippen LogP contribution in [0.3, 0.4) is 0 Å².